The van der Waals surface area contributed by atoms with Gasteiger partial charge in [0.15, 0.2) is 0 Å². The van der Waals surface area contributed by atoms with E-state index in [1.54, 1.807) is 46.6 Å². The van der Waals surface area contributed by atoms with Gasteiger partial charge in [0.05, 0.1) is 11.4 Å². The van der Waals surface area contributed by atoms with Gasteiger partial charge < -0.3 is 4.90 Å². The minimum Gasteiger partial charge on any atom is -0.337 e. The number of hydrogen-bond acceptors (Lipinski definition) is 4. The second kappa shape index (κ2) is 7.90. The van der Waals surface area contributed by atoms with Crippen LogP contribution >= 0.6 is 11.3 Å². The summed E-state index contributed by atoms with van der Waals surface area (Å²) in [6.45, 7) is 3.40. The monoisotopic (exact) mass is 392 g/mol. The van der Waals surface area contributed by atoms with E-state index in [1.807, 2.05) is 17.5 Å². The molecule has 1 aliphatic rings. The van der Waals surface area contributed by atoms with E-state index in [-0.39, 0.29) is 10.8 Å². The van der Waals surface area contributed by atoms with Crippen molar-refractivity contribution in [1.82, 2.24) is 9.21 Å². The van der Waals surface area contributed by atoms with Crippen LogP contribution in [0.15, 0.2) is 40.6 Å². The van der Waals surface area contributed by atoms with E-state index in [4.69, 9.17) is 0 Å². The quantitative estimate of drug-likeness (QED) is 0.782. The molecule has 0 unspecified atom stereocenters. The third-order valence-electron chi connectivity index (χ3n) is 4.69. The lowest BCUT2D eigenvalue weighted by molar-refractivity contribution is 0.0786. The van der Waals surface area contributed by atoms with Crippen molar-refractivity contribution in [2.75, 3.05) is 20.1 Å². The largest absolute Gasteiger partial charge is 0.337 e. The van der Waals surface area contributed by atoms with Crippen LogP contribution in [0.1, 0.15) is 40.1 Å². The van der Waals surface area contributed by atoms with Crippen molar-refractivity contribution in [1.29, 1.82) is 0 Å². The van der Waals surface area contributed by atoms with Crippen LogP contribution in [0, 0.1) is 6.92 Å². The fraction of sp³-hybridized carbons (Fsp3) is 0.421. The Morgan fingerprint density at radius 3 is 2.58 bits per heavy atom. The summed E-state index contributed by atoms with van der Waals surface area (Å²) < 4.78 is 27.6. The van der Waals surface area contributed by atoms with Gasteiger partial charge in [-0.15, -0.1) is 11.3 Å². The van der Waals surface area contributed by atoms with E-state index < -0.39 is 10.0 Å². The van der Waals surface area contributed by atoms with Crippen molar-refractivity contribution < 1.29 is 13.2 Å². The number of piperidine rings is 1. The van der Waals surface area contributed by atoms with Crippen LogP contribution in [0.3, 0.4) is 0 Å². The highest BCUT2D eigenvalue weighted by atomic mass is 32.2. The highest BCUT2D eigenvalue weighted by Gasteiger charge is 2.28. The van der Waals surface area contributed by atoms with Crippen molar-refractivity contribution in [3.8, 4) is 0 Å². The predicted octanol–water partition coefficient (Wildman–Crippen LogP) is 3.50. The molecule has 2 heterocycles. The van der Waals surface area contributed by atoms with Crippen molar-refractivity contribution in [2.45, 2.75) is 37.6 Å². The Morgan fingerprint density at radius 2 is 1.92 bits per heavy atom. The third kappa shape index (κ3) is 4.00. The molecule has 140 valence electrons. The average molecular weight is 393 g/mol. The molecule has 1 aromatic carbocycles. The van der Waals surface area contributed by atoms with Crippen LogP contribution in [-0.4, -0.2) is 43.7 Å². The Bertz CT molecular complexity index is 870. The topological polar surface area (TPSA) is 57.7 Å². The summed E-state index contributed by atoms with van der Waals surface area (Å²) >= 11 is 1.60. The van der Waals surface area contributed by atoms with Crippen LogP contribution in [0.4, 0.5) is 0 Å². The second-order valence-corrected chi connectivity index (χ2v) is 9.62. The number of carbonyl (C=O) groups is 1. The fourth-order valence-electron chi connectivity index (χ4n) is 3.18. The molecule has 0 spiro atoms. The number of nitrogens with zero attached hydrogens (tertiary/aromatic N) is 2. The van der Waals surface area contributed by atoms with Crippen LogP contribution < -0.4 is 0 Å². The molecule has 0 radical (unpaired) electrons. The number of amides is 1. The van der Waals surface area contributed by atoms with Crippen LogP contribution in [-0.2, 0) is 16.6 Å². The summed E-state index contributed by atoms with van der Waals surface area (Å²) in [4.78, 5) is 15.7. The molecule has 1 saturated heterocycles. The summed E-state index contributed by atoms with van der Waals surface area (Å²) in [7, 11) is -1.82. The molecule has 0 saturated carbocycles. The van der Waals surface area contributed by atoms with Crippen molar-refractivity contribution in [3.63, 3.8) is 0 Å². The minimum atomic E-state index is -3.56. The van der Waals surface area contributed by atoms with E-state index in [2.05, 4.69) is 0 Å². The zero-order valence-corrected chi connectivity index (χ0v) is 16.8. The van der Waals surface area contributed by atoms with Gasteiger partial charge in [0.1, 0.15) is 0 Å². The Balaban J connectivity index is 1.86. The van der Waals surface area contributed by atoms with Gasteiger partial charge in [0.25, 0.3) is 5.91 Å². The molecule has 2 aromatic rings. The first-order chi connectivity index (χ1) is 12.4. The SMILES string of the molecule is Cc1ccc(C(=O)N(C)Cc2cccs2)cc1S(=O)(=O)N1CCCCC1. The number of sulfonamides is 1. The maximum atomic E-state index is 13.0. The van der Waals surface area contributed by atoms with E-state index >= 15 is 0 Å². The number of hydrogen-bond donors (Lipinski definition) is 0. The summed E-state index contributed by atoms with van der Waals surface area (Å²) in [5.41, 5.74) is 1.08. The summed E-state index contributed by atoms with van der Waals surface area (Å²) in [5.74, 6) is -0.173. The number of thiophene rings is 1. The lowest BCUT2D eigenvalue weighted by Gasteiger charge is -2.27. The Kier molecular flexibility index (Phi) is 5.79. The van der Waals surface area contributed by atoms with Gasteiger partial charge in [-0.3, -0.25) is 4.79 Å². The molecule has 3 rings (SSSR count). The third-order valence-corrected chi connectivity index (χ3v) is 7.59. The van der Waals surface area contributed by atoms with Gasteiger partial charge in [0, 0.05) is 30.6 Å². The molecular formula is C19H24N2O3S2. The molecule has 7 heteroatoms. The molecule has 0 atom stereocenters. The van der Waals surface area contributed by atoms with E-state index in [1.165, 1.54) is 6.07 Å². The molecular weight excluding hydrogens is 368 g/mol. The molecule has 0 bridgehead atoms. The first kappa shape index (κ1) is 19.1. The Labute approximate surface area is 159 Å². The molecule has 0 aliphatic carbocycles. The Morgan fingerprint density at radius 1 is 1.19 bits per heavy atom. The van der Waals surface area contributed by atoms with Crippen molar-refractivity contribution in [3.05, 3.63) is 51.7 Å². The first-order valence-electron chi connectivity index (χ1n) is 8.78. The number of rotatable bonds is 5. The van der Waals surface area contributed by atoms with Gasteiger partial charge in [-0.25, -0.2) is 8.42 Å². The lowest BCUT2D eigenvalue weighted by Crippen LogP contribution is -2.36. The van der Waals surface area contributed by atoms with Gasteiger partial charge in [-0.05, 0) is 48.9 Å². The van der Waals surface area contributed by atoms with Gasteiger partial charge in [0.2, 0.25) is 10.0 Å². The Hall–Kier alpha value is -1.70. The maximum Gasteiger partial charge on any atom is 0.253 e. The molecule has 1 aromatic heterocycles. The molecule has 1 aliphatic heterocycles. The molecule has 5 nitrogen and oxygen atoms in total. The summed E-state index contributed by atoms with van der Waals surface area (Å²) in [6, 6.07) is 8.90. The van der Waals surface area contributed by atoms with Gasteiger partial charge in [-0.1, -0.05) is 18.6 Å². The normalized spacial score (nSPS) is 15.8. The van der Waals surface area contributed by atoms with Crippen molar-refractivity contribution in [2.24, 2.45) is 0 Å². The first-order valence-corrected chi connectivity index (χ1v) is 11.1. The van der Waals surface area contributed by atoms with Crippen LogP contribution in [0.2, 0.25) is 0 Å². The molecule has 26 heavy (non-hydrogen) atoms. The van der Waals surface area contributed by atoms with E-state index in [0.717, 1.165) is 24.1 Å². The molecule has 1 amide bonds. The van der Waals surface area contributed by atoms with Crippen molar-refractivity contribution >= 4 is 27.3 Å². The zero-order chi connectivity index (χ0) is 18.7. The number of aryl methyl sites for hydroxylation is 1. The smallest absolute Gasteiger partial charge is 0.253 e. The van der Waals surface area contributed by atoms with E-state index in [9.17, 15) is 13.2 Å². The second-order valence-electron chi connectivity index (χ2n) is 6.69. The highest BCUT2D eigenvalue weighted by Crippen LogP contribution is 2.25. The lowest BCUT2D eigenvalue weighted by atomic mass is 10.1. The minimum absolute atomic E-state index is 0.173. The van der Waals surface area contributed by atoms with Crippen LogP contribution in [0.5, 0.6) is 0 Å². The predicted molar refractivity (Wildman–Crippen MR) is 104 cm³/mol. The average Bonchev–Trinajstić information content (AvgIpc) is 3.15. The standard InChI is InChI=1S/C19H24N2O3S2/c1-15-8-9-16(19(22)20(2)14-17-7-6-12-25-17)13-18(15)26(23,24)21-10-4-3-5-11-21/h6-9,12-13H,3-5,10-11,14H2,1-2H3. The highest BCUT2D eigenvalue weighted by molar-refractivity contribution is 7.89. The van der Waals surface area contributed by atoms with Crippen LogP contribution in [0.25, 0.3) is 0 Å². The summed E-state index contributed by atoms with van der Waals surface area (Å²) in [6.07, 6.45) is 2.85. The number of carbonyl (C=O) groups excluding carboxylic acids is 1. The maximum absolute atomic E-state index is 13.0. The fourth-order valence-corrected chi connectivity index (χ4v) is 5.71. The van der Waals surface area contributed by atoms with Gasteiger partial charge in [-0.2, -0.15) is 4.31 Å². The number of benzene rings is 1. The zero-order valence-electron chi connectivity index (χ0n) is 15.1. The van der Waals surface area contributed by atoms with E-state index in [0.29, 0.717) is 30.8 Å². The summed E-state index contributed by atoms with van der Waals surface area (Å²) in [5, 5.41) is 1.98. The molecule has 1 fully saturated rings. The molecule has 0 N–H and O–H groups in total. The van der Waals surface area contributed by atoms with Gasteiger partial charge >= 0.3 is 0 Å².